The van der Waals surface area contributed by atoms with Gasteiger partial charge >= 0.3 is 0 Å². The molecule has 0 spiro atoms. The van der Waals surface area contributed by atoms with Crippen LogP contribution in [-0.2, 0) is 10.2 Å². The summed E-state index contributed by atoms with van der Waals surface area (Å²) < 4.78 is 16.5. The number of rotatable bonds is 7. The first kappa shape index (κ1) is 17.8. The van der Waals surface area contributed by atoms with Gasteiger partial charge in [-0.25, -0.2) is 4.98 Å². The summed E-state index contributed by atoms with van der Waals surface area (Å²) in [4.78, 5) is 4.85. The first-order valence-corrected chi connectivity index (χ1v) is 9.22. The number of benzene rings is 1. The largest absolute Gasteiger partial charge is 0.493 e. The second-order valence-corrected chi connectivity index (χ2v) is 6.83. The van der Waals surface area contributed by atoms with Gasteiger partial charge in [-0.3, -0.25) is 0 Å². The molecule has 1 aromatic carbocycles. The van der Waals surface area contributed by atoms with Gasteiger partial charge < -0.3 is 19.5 Å². The summed E-state index contributed by atoms with van der Waals surface area (Å²) in [6.45, 7) is 5.90. The van der Waals surface area contributed by atoms with E-state index < -0.39 is 0 Å². The highest BCUT2D eigenvalue weighted by molar-refractivity contribution is 7.13. The van der Waals surface area contributed by atoms with Gasteiger partial charge in [0.05, 0.1) is 19.9 Å². The molecule has 2 heterocycles. The predicted octanol–water partition coefficient (Wildman–Crippen LogP) is 3.85. The molecule has 0 atom stereocenters. The van der Waals surface area contributed by atoms with Gasteiger partial charge in [-0.15, -0.1) is 17.9 Å². The normalized spacial score (nSPS) is 16.2. The Labute approximate surface area is 152 Å². The molecule has 1 fully saturated rings. The van der Waals surface area contributed by atoms with Crippen LogP contribution < -0.4 is 14.8 Å². The molecule has 5 nitrogen and oxygen atoms in total. The first-order valence-electron chi connectivity index (χ1n) is 8.34. The second-order valence-electron chi connectivity index (χ2n) is 5.97. The summed E-state index contributed by atoms with van der Waals surface area (Å²) in [6, 6.07) is 6.15. The van der Waals surface area contributed by atoms with Crippen molar-refractivity contribution in [1.82, 2.24) is 4.98 Å². The molecular formula is C19H24N2O3S. The van der Waals surface area contributed by atoms with Gasteiger partial charge in [-0.1, -0.05) is 12.1 Å². The Hall–Kier alpha value is -2.05. The molecule has 1 aliphatic rings. The molecule has 1 N–H and O–H groups in total. The zero-order chi connectivity index (χ0) is 17.7. The van der Waals surface area contributed by atoms with E-state index >= 15 is 0 Å². The topological polar surface area (TPSA) is 52.6 Å². The smallest absolute Gasteiger partial charge is 0.183 e. The minimum Gasteiger partial charge on any atom is -0.493 e. The standard InChI is InChI=1S/C19H24N2O3S/c1-4-9-20-18-21-17(13-25-18)19(7-10-24-11-8-19)14-5-6-15(22-2)16(12-14)23-3/h4-6,12-13H,1,7-11H2,2-3H3,(H,20,21). The Balaban J connectivity index is 2.01. The van der Waals surface area contributed by atoms with Crippen LogP contribution in [0.2, 0.25) is 0 Å². The number of nitrogens with zero attached hydrogens (tertiary/aromatic N) is 1. The Morgan fingerprint density at radius 1 is 1.28 bits per heavy atom. The van der Waals surface area contributed by atoms with E-state index in [2.05, 4.69) is 29.4 Å². The van der Waals surface area contributed by atoms with E-state index in [1.54, 1.807) is 25.6 Å². The summed E-state index contributed by atoms with van der Waals surface area (Å²) >= 11 is 1.63. The average Bonchev–Trinajstić information content (AvgIpc) is 3.15. The lowest BCUT2D eigenvalue weighted by molar-refractivity contribution is 0.0620. The van der Waals surface area contributed by atoms with Crippen molar-refractivity contribution in [1.29, 1.82) is 0 Å². The Bertz CT molecular complexity index is 723. The van der Waals surface area contributed by atoms with Gasteiger partial charge in [0.1, 0.15) is 0 Å². The summed E-state index contributed by atoms with van der Waals surface area (Å²) in [5.74, 6) is 1.48. The van der Waals surface area contributed by atoms with Crippen LogP contribution in [0.5, 0.6) is 11.5 Å². The van der Waals surface area contributed by atoms with Gasteiger partial charge in [-0.2, -0.15) is 0 Å². The lowest BCUT2D eigenvalue weighted by Gasteiger charge is -2.36. The molecule has 25 heavy (non-hydrogen) atoms. The van der Waals surface area contributed by atoms with Gasteiger partial charge in [0.2, 0.25) is 0 Å². The highest BCUT2D eigenvalue weighted by atomic mass is 32.1. The molecule has 0 saturated carbocycles. The van der Waals surface area contributed by atoms with Crippen LogP contribution in [-0.4, -0.2) is 39.0 Å². The highest BCUT2D eigenvalue weighted by Gasteiger charge is 2.39. The zero-order valence-electron chi connectivity index (χ0n) is 14.7. The Morgan fingerprint density at radius 2 is 2.04 bits per heavy atom. The fourth-order valence-corrected chi connectivity index (χ4v) is 4.10. The van der Waals surface area contributed by atoms with Gasteiger partial charge in [0.25, 0.3) is 0 Å². The van der Waals surface area contributed by atoms with E-state index in [0.717, 1.165) is 48.4 Å². The van der Waals surface area contributed by atoms with E-state index in [0.29, 0.717) is 6.54 Å². The molecule has 3 rings (SSSR count). The molecule has 0 radical (unpaired) electrons. The maximum Gasteiger partial charge on any atom is 0.183 e. The third kappa shape index (κ3) is 3.50. The molecule has 2 aromatic rings. The van der Waals surface area contributed by atoms with Crippen molar-refractivity contribution >= 4 is 16.5 Å². The molecule has 0 bridgehead atoms. The molecule has 0 unspecified atom stereocenters. The number of nitrogens with one attached hydrogen (secondary N) is 1. The van der Waals surface area contributed by atoms with Crippen molar-refractivity contribution in [3.63, 3.8) is 0 Å². The van der Waals surface area contributed by atoms with Crippen LogP contribution >= 0.6 is 11.3 Å². The molecule has 1 saturated heterocycles. The number of ether oxygens (including phenoxy) is 3. The third-order valence-electron chi connectivity index (χ3n) is 4.67. The van der Waals surface area contributed by atoms with E-state index in [1.807, 2.05) is 12.1 Å². The maximum atomic E-state index is 5.63. The van der Waals surface area contributed by atoms with Crippen LogP contribution in [0.3, 0.4) is 0 Å². The number of methoxy groups -OCH3 is 2. The summed E-state index contributed by atoms with van der Waals surface area (Å²) in [7, 11) is 3.32. The molecule has 0 aliphatic carbocycles. The number of hydrogen-bond acceptors (Lipinski definition) is 6. The molecule has 134 valence electrons. The number of anilines is 1. The minimum atomic E-state index is -0.164. The van der Waals surface area contributed by atoms with Gasteiger partial charge in [0, 0.05) is 30.6 Å². The number of hydrogen-bond donors (Lipinski definition) is 1. The monoisotopic (exact) mass is 360 g/mol. The molecule has 6 heteroatoms. The maximum absolute atomic E-state index is 5.63. The molecule has 1 aliphatic heterocycles. The second kappa shape index (κ2) is 7.89. The van der Waals surface area contributed by atoms with E-state index in [1.165, 1.54) is 5.56 Å². The van der Waals surface area contributed by atoms with E-state index in [-0.39, 0.29) is 5.41 Å². The fourth-order valence-electron chi connectivity index (χ4n) is 3.28. The molecule has 0 amide bonds. The Morgan fingerprint density at radius 3 is 2.72 bits per heavy atom. The van der Waals surface area contributed by atoms with Crippen molar-refractivity contribution < 1.29 is 14.2 Å². The lowest BCUT2D eigenvalue weighted by atomic mass is 9.72. The third-order valence-corrected chi connectivity index (χ3v) is 5.47. The minimum absolute atomic E-state index is 0.164. The number of aromatic nitrogens is 1. The summed E-state index contributed by atoms with van der Waals surface area (Å²) in [5, 5.41) is 6.34. The first-order chi connectivity index (χ1) is 12.2. The van der Waals surface area contributed by atoms with Crippen LogP contribution in [0.25, 0.3) is 0 Å². The van der Waals surface area contributed by atoms with Crippen LogP contribution in [0.4, 0.5) is 5.13 Å². The fraction of sp³-hybridized carbons (Fsp3) is 0.421. The average molecular weight is 360 g/mol. The van der Waals surface area contributed by atoms with Gasteiger partial charge in [0.15, 0.2) is 16.6 Å². The molecular weight excluding hydrogens is 336 g/mol. The van der Waals surface area contributed by atoms with Crippen LogP contribution in [0, 0.1) is 0 Å². The van der Waals surface area contributed by atoms with E-state index in [9.17, 15) is 0 Å². The van der Waals surface area contributed by atoms with Crippen molar-refractivity contribution in [2.24, 2.45) is 0 Å². The highest BCUT2D eigenvalue weighted by Crippen LogP contribution is 2.44. The predicted molar refractivity (Wildman–Crippen MR) is 101 cm³/mol. The van der Waals surface area contributed by atoms with E-state index in [4.69, 9.17) is 19.2 Å². The van der Waals surface area contributed by atoms with Crippen molar-refractivity contribution in [2.75, 3.05) is 39.3 Å². The van der Waals surface area contributed by atoms with Gasteiger partial charge in [-0.05, 0) is 30.5 Å². The van der Waals surface area contributed by atoms with Crippen molar-refractivity contribution in [3.8, 4) is 11.5 Å². The zero-order valence-corrected chi connectivity index (χ0v) is 15.5. The quantitative estimate of drug-likeness (QED) is 0.760. The molecule has 1 aromatic heterocycles. The van der Waals surface area contributed by atoms with Crippen LogP contribution in [0.1, 0.15) is 24.1 Å². The Kier molecular flexibility index (Phi) is 5.60. The lowest BCUT2D eigenvalue weighted by Crippen LogP contribution is -2.35. The van der Waals surface area contributed by atoms with Crippen molar-refractivity contribution in [2.45, 2.75) is 18.3 Å². The van der Waals surface area contributed by atoms with Crippen molar-refractivity contribution in [3.05, 3.63) is 47.5 Å². The SMILES string of the molecule is C=CCNc1nc(C2(c3ccc(OC)c(OC)c3)CCOCC2)cs1. The summed E-state index contributed by atoms with van der Waals surface area (Å²) in [5.41, 5.74) is 2.11. The van der Waals surface area contributed by atoms with Crippen LogP contribution in [0.15, 0.2) is 36.2 Å². The number of thiazole rings is 1. The summed E-state index contributed by atoms with van der Waals surface area (Å²) in [6.07, 6.45) is 3.62.